The Morgan fingerprint density at radius 1 is 1.45 bits per heavy atom. The molecule has 0 aliphatic carbocycles. The third-order valence-electron chi connectivity index (χ3n) is 3.35. The first kappa shape index (κ1) is 12.3. The number of amides is 2. The third-order valence-corrected chi connectivity index (χ3v) is 3.35. The molecule has 0 saturated carbocycles. The highest BCUT2D eigenvalue weighted by atomic mass is 16.4. The zero-order valence-corrected chi connectivity index (χ0v) is 10.4. The second-order valence-corrected chi connectivity index (χ2v) is 4.63. The first-order chi connectivity index (χ1) is 9.56. The van der Waals surface area contributed by atoms with Gasteiger partial charge in [-0.1, -0.05) is 0 Å². The number of rotatable bonds is 2. The van der Waals surface area contributed by atoms with Crippen LogP contribution in [0.3, 0.4) is 0 Å². The minimum atomic E-state index is -1.05. The summed E-state index contributed by atoms with van der Waals surface area (Å²) in [6.45, 7) is 0. The van der Waals surface area contributed by atoms with Crippen molar-refractivity contribution in [1.82, 2.24) is 14.9 Å². The first-order valence-electron chi connectivity index (χ1n) is 6.11. The van der Waals surface area contributed by atoms with Crippen LogP contribution in [-0.4, -0.2) is 32.5 Å². The fraction of sp³-hybridized carbons (Fsp3) is 0.231. The Balaban J connectivity index is 2.05. The molecule has 2 aromatic rings. The summed E-state index contributed by atoms with van der Waals surface area (Å²) in [6.07, 6.45) is 2.27. The van der Waals surface area contributed by atoms with E-state index in [-0.39, 0.29) is 23.8 Å². The van der Waals surface area contributed by atoms with Gasteiger partial charge in [-0.25, -0.2) is 9.31 Å². The third kappa shape index (κ3) is 1.93. The number of aromatic carboxylic acids is 1. The fourth-order valence-electron chi connectivity index (χ4n) is 2.36. The van der Waals surface area contributed by atoms with Crippen LogP contribution < -0.4 is 5.32 Å². The molecule has 20 heavy (non-hydrogen) atoms. The molecule has 0 spiro atoms. The van der Waals surface area contributed by atoms with Crippen molar-refractivity contribution in [3.63, 3.8) is 0 Å². The summed E-state index contributed by atoms with van der Waals surface area (Å²) in [4.78, 5) is 34.1. The lowest BCUT2D eigenvalue weighted by Gasteiger charge is -2.18. The maximum absolute atomic E-state index is 11.8. The molecule has 1 fully saturated rings. The standard InChI is InChI=1S/C13H11N3O4/c17-11-4-3-7(12(18)14-11)9-6-10-8(13(19)20)2-1-5-16(10)15-9/h1-2,5-7H,3-4H2,(H,19,20)(H,14,17,18). The lowest BCUT2D eigenvalue weighted by atomic mass is 9.95. The highest BCUT2D eigenvalue weighted by molar-refractivity contribution is 6.01. The van der Waals surface area contributed by atoms with Crippen LogP contribution in [0.1, 0.15) is 34.8 Å². The van der Waals surface area contributed by atoms with Crippen LogP contribution in [0.15, 0.2) is 24.4 Å². The number of fused-ring (bicyclic) bond motifs is 1. The lowest BCUT2D eigenvalue weighted by molar-refractivity contribution is -0.134. The molecule has 3 heterocycles. The average Bonchev–Trinajstić information content (AvgIpc) is 2.81. The zero-order valence-electron chi connectivity index (χ0n) is 10.4. The molecular weight excluding hydrogens is 262 g/mol. The van der Waals surface area contributed by atoms with Crippen molar-refractivity contribution in [2.24, 2.45) is 0 Å². The molecule has 1 aliphatic heterocycles. The number of carbonyl (C=O) groups is 3. The van der Waals surface area contributed by atoms with Gasteiger partial charge in [0, 0.05) is 12.6 Å². The van der Waals surface area contributed by atoms with E-state index in [4.69, 9.17) is 5.11 Å². The largest absolute Gasteiger partial charge is 0.478 e. The summed E-state index contributed by atoms with van der Waals surface area (Å²) < 4.78 is 1.43. The number of carbonyl (C=O) groups excluding carboxylic acids is 2. The summed E-state index contributed by atoms with van der Waals surface area (Å²) in [5.41, 5.74) is 1.03. The lowest BCUT2D eigenvalue weighted by Crippen LogP contribution is -2.39. The monoisotopic (exact) mass is 273 g/mol. The van der Waals surface area contributed by atoms with Crippen molar-refractivity contribution in [3.05, 3.63) is 35.7 Å². The van der Waals surface area contributed by atoms with Gasteiger partial charge in [0.15, 0.2) is 0 Å². The maximum Gasteiger partial charge on any atom is 0.337 e. The summed E-state index contributed by atoms with van der Waals surface area (Å²) >= 11 is 0. The van der Waals surface area contributed by atoms with Gasteiger partial charge in [0.2, 0.25) is 11.8 Å². The number of imide groups is 1. The van der Waals surface area contributed by atoms with Crippen LogP contribution in [0.5, 0.6) is 0 Å². The fourth-order valence-corrected chi connectivity index (χ4v) is 2.36. The van der Waals surface area contributed by atoms with E-state index in [1.807, 2.05) is 0 Å². The number of piperidine rings is 1. The van der Waals surface area contributed by atoms with E-state index in [1.54, 1.807) is 18.3 Å². The average molecular weight is 273 g/mol. The summed E-state index contributed by atoms with van der Waals surface area (Å²) in [5.74, 6) is -2.25. The molecule has 7 heteroatoms. The number of hydrogen-bond acceptors (Lipinski definition) is 4. The molecule has 3 rings (SSSR count). The van der Waals surface area contributed by atoms with E-state index >= 15 is 0 Å². The van der Waals surface area contributed by atoms with Crippen molar-refractivity contribution in [3.8, 4) is 0 Å². The minimum absolute atomic E-state index is 0.124. The number of nitrogens with one attached hydrogen (secondary N) is 1. The van der Waals surface area contributed by atoms with E-state index in [0.29, 0.717) is 17.6 Å². The Morgan fingerprint density at radius 2 is 2.25 bits per heavy atom. The number of carboxylic acid groups (broad SMARTS) is 1. The van der Waals surface area contributed by atoms with E-state index in [9.17, 15) is 14.4 Å². The number of carboxylic acids is 1. The Labute approximate surface area is 113 Å². The predicted octanol–water partition coefficient (Wildman–Crippen LogP) is 0.553. The summed E-state index contributed by atoms with van der Waals surface area (Å²) in [7, 11) is 0. The first-order valence-corrected chi connectivity index (χ1v) is 6.11. The van der Waals surface area contributed by atoms with Crippen LogP contribution in [0.4, 0.5) is 0 Å². The molecule has 7 nitrogen and oxygen atoms in total. The van der Waals surface area contributed by atoms with Crippen molar-refractivity contribution >= 4 is 23.3 Å². The van der Waals surface area contributed by atoms with E-state index < -0.39 is 11.9 Å². The highest BCUT2D eigenvalue weighted by Crippen LogP contribution is 2.25. The van der Waals surface area contributed by atoms with Crippen molar-refractivity contribution in [2.45, 2.75) is 18.8 Å². The topological polar surface area (TPSA) is 101 Å². The number of aromatic nitrogens is 2. The van der Waals surface area contributed by atoms with Gasteiger partial charge in [-0.3, -0.25) is 14.9 Å². The number of nitrogens with zero attached hydrogens (tertiary/aromatic N) is 2. The van der Waals surface area contributed by atoms with Gasteiger partial charge in [0.05, 0.1) is 22.7 Å². The summed E-state index contributed by atoms with van der Waals surface area (Å²) in [6, 6.07) is 4.65. The molecule has 0 aromatic carbocycles. The van der Waals surface area contributed by atoms with E-state index in [2.05, 4.69) is 10.4 Å². The minimum Gasteiger partial charge on any atom is -0.478 e. The van der Waals surface area contributed by atoms with Gasteiger partial charge >= 0.3 is 5.97 Å². The number of pyridine rings is 1. The molecule has 1 saturated heterocycles. The van der Waals surface area contributed by atoms with Gasteiger partial charge < -0.3 is 5.11 Å². The van der Waals surface area contributed by atoms with Crippen LogP contribution >= 0.6 is 0 Å². The smallest absolute Gasteiger partial charge is 0.337 e. The normalized spacial score (nSPS) is 19.1. The van der Waals surface area contributed by atoms with Crippen molar-refractivity contribution < 1.29 is 19.5 Å². The molecule has 0 radical (unpaired) electrons. The van der Waals surface area contributed by atoms with Gasteiger partial charge in [-0.15, -0.1) is 0 Å². The Hall–Kier alpha value is -2.70. The molecule has 0 bridgehead atoms. The molecule has 2 aromatic heterocycles. The van der Waals surface area contributed by atoms with Crippen LogP contribution in [0.2, 0.25) is 0 Å². The second kappa shape index (κ2) is 4.44. The molecule has 102 valence electrons. The Kier molecular flexibility index (Phi) is 2.74. The summed E-state index contributed by atoms with van der Waals surface area (Å²) in [5, 5.41) is 15.6. The SMILES string of the molecule is O=C1CCC(c2cc3c(C(=O)O)cccn3n2)C(=O)N1. The quantitative estimate of drug-likeness (QED) is 0.778. The second-order valence-electron chi connectivity index (χ2n) is 4.63. The predicted molar refractivity (Wildman–Crippen MR) is 67.3 cm³/mol. The maximum atomic E-state index is 11.8. The van der Waals surface area contributed by atoms with E-state index in [0.717, 1.165) is 0 Å². The van der Waals surface area contributed by atoms with Crippen molar-refractivity contribution in [1.29, 1.82) is 0 Å². The highest BCUT2D eigenvalue weighted by Gasteiger charge is 2.30. The van der Waals surface area contributed by atoms with Crippen LogP contribution in [-0.2, 0) is 9.59 Å². The molecule has 1 unspecified atom stereocenters. The Morgan fingerprint density at radius 3 is 2.95 bits per heavy atom. The molecular formula is C13H11N3O4. The van der Waals surface area contributed by atoms with Crippen LogP contribution in [0.25, 0.3) is 5.52 Å². The molecule has 2 amide bonds. The zero-order chi connectivity index (χ0) is 14.3. The molecule has 1 atom stereocenters. The Bertz CT molecular complexity index is 734. The van der Waals surface area contributed by atoms with Crippen molar-refractivity contribution in [2.75, 3.05) is 0 Å². The van der Waals surface area contributed by atoms with Crippen LogP contribution in [0, 0.1) is 0 Å². The van der Waals surface area contributed by atoms with Gasteiger partial charge in [0.25, 0.3) is 0 Å². The van der Waals surface area contributed by atoms with Gasteiger partial charge in [-0.05, 0) is 24.6 Å². The van der Waals surface area contributed by atoms with Gasteiger partial charge in [0.1, 0.15) is 0 Å². The molecule has 2 N–H and O–H groups in total. The van der Waals surface area contributed by atoms with Gasteiger partial charge in [-0.2, -0.15) is 5.10 Å². The number of hydrogen-bond donors (Lipinski definition) is 2. The molecule has 1 aliphatic rings. The van der Waals surface area contributed by atoms with E-state index in [1.165, 1.54) is 10.6 Å².